The van der Waals surface area contributed by atoms with Crippen molar-refractivity contribution in [1.29, 1.82) is 0 Å². The van der Waals surface area contributed by atoms with E-state index >= 15 is 0 Å². The minimum absolute atomic E-state index is 0. The molecule has 22 heavy (non-hydrogen) atoms. The van der Waals surface area contributed by atoms with E-state index in [1.54, 1.807) is 7.05 Å². The average molecular weight is 434 g/mol. The van der Waals surface area contributed by atoms with Crippen LogP contribution in [0.2, 0.25) is 5.02 Å². The zero-order valence-corrected chi connectivity index (χ0v) is 16.0. The van der Waals surface area contributed by atoms with Crippen molar-refractivity contribution in [1.82, 2.24) is 20.4 Å². The van der Waals surface area contributed by atoms with Crippen molar-refractivity contribution in [2.24, 2.45) is 4.99 Å². The zero-order valence-electron chi connectivity index (χ0n) is 12.9. The molecule has 0 fully saturated rings. The van der Waals surface area contributed by atoms with E-state index in [-0.39, 0.29) is 24.0 Å². The Kier molecular flexibility index (Phi) is 7.67. The van der Waals surface area contributed by atoms with Crippen LogP contribution in [-0.4, -0.2) is 35.2 Å². The molecule has 5 nitrogen and oxygen atoms in total. The molecule has 0 saturated heterocycles. The van der Waals surface area contributed by atoms with Crippen LogP contribution in [0.4, 0.5) is 0 Å². The highest BCUT2D eigenvalue weighted by molar-refractivity contribution is 14.0. The first-order valence-electron chi connectivity index (χ1n) is 6.75. The van der Waals surface area contributed by atoms with Crippen LogP contribution in [0.1, 0.15) is 16.8 Å². The van der Waals surface area contributed by atoms with Gasteiger partial charge in [0.1, 0.15) is 0 Å². The van der Waals surface area contributed by atoms with Crippen molar-refractivity contribution in [2.75, 3.05) is 14.1 Å². The Labute approximate surface area is 153 Å². The van der Waals surface area contributed by atoms with Gasteiger partial charge in [-0.1, -0.05) is 23.7 Å². The highest BCUT2D eigenvalue weighted by Gasteiger charge is 2.08. The van der Waals surface area contributed by atoms with Gasteiger partial charge in [0, 0.05) is 43.5 Å². The monoisotopic (exact) mass is 433 g/mol. The van der Waals surface area contributed by atoms with E-state index in [1.807, 2.05) is 44.4 Å². The second kappa shape index (κ2) is 8.99. The van der Waals surface area contributed by atoms with Crippen LogP contribution in [0.3, 0.4) is 0 Å². The minimum Gasteiger partial charge on any atom is -0.352 e. The largest absolute Gasteiger partial charge is 0.352 e. The number of aromatic nitrogens is 2. The van der Waals surface area contributed by atoms with E-state index < -0.39 is 0 Å². The van der Waals surface area contributed by atoms with Gasteiger partial charge < -0.3 is 10.2 Å². The van der Waals surface area contributed by atoms with Gasteiger partial charge in [-0.3, -0.25) is 10.1 Å². The fourth-order valence-electron chi connectivity index (χ4n) is 2.05. The van der Waals surface area contributed by atoms with Crippen LogP contribution in [0, 0.1) is 6.92 Å². The van der Waals surface area contributed by atoms with Gasteiger partial charge in [0.15, 0.2) is 5.96 Å². The first-order valence-corrected chi connectivity index (χ1v) is 7.13. The number of guanidine groups is 1. The molecule has 2 rings (SSSR count). The van der Waals surface area contributed by atoms with E-state index in [0.29, 0.717) is 6.54 Å². The zero-order chi connectivity index (χ0) is 15.2. The van der Waals surface area contributed by atoms with Crippen molar-refractivity contribution in [3.05, 3.63) is 52.3 Å². The second-order valence-electron chi connectivity index (χ2n) is 4.90. The predicted molar refractivity (Wildman–Crippen MR) is 102 cm³/mol. The highest BCUT2D eigenvalue weighted by atomic mass is 127. The summed E-state index contributed by atoms with van der Waals surface area (Å²) in [6.07, 6.45) is 1.83. The number of aromatic amines is 1. The second-order valence-corrected chi connectivity index (χ2v) is 5.34. The number of aliphatic imine (C=N–C) groups is 1. The van der Waals surface area contributed by atoms with Gasteiger partial charge in [-0.15, -0.1) is 24.0 Å². The Balaban J connectivity index is 0.00000242. The molecular weight excluding hydrogens is 413 g/mol. The van der Waals surface area contributed by atoms with E-state index in [2.05, 4.69) is 25.4 Å². The highest BCUT2D eigenvalue weighted by Crippen LogP contribution is 2.11. The predicted octanol–water partition coefficient (Wildman–Crippen LogP) is 3.20. The lowest BCUT2D eigenvalue weighted by Gasteiger charge is -2.22. The van der Waals surface area contributed by atoms with E-state index in [9.17, 15) is 0 Å². The number of halogens is 2. The molecule has 0 aliphatic rings. The number of hydrogen-bond acceptors (Lipinski definition) is 2. The summed E-state index contributed by atoms with van der Waals surface area (Å²) in [5, 5.41) is 11.0. The third-order valence-corrected chi connectivity index (χ3v) is 3.53. The molecule has 1 aromatic carbocycles. The van der Waals surface area contributed by atoms with Crippen molar-refractivity contribution in [2.45, 2.75) is 20.0 Å². The summed E-state index contributed by atoms with van der Waals surface area (Å²) in [6.45, 7) is 3.46. The Hall–Kier alpha value is -1.28. The standard InChI is InChI=1S/C15H20ClN5.HI/c1-11-13(9-19-20-11)8-18-15(17-2)21(3)10-12-4-6-14(16)7-5-12;/h4-7,9H,8,10H2,1-3H3,(H,17,18)(H,19,20);1H. The molecule has 0 radical (unpaired) electrons. The van der Waals surface area contributed by atoms with Gasteiger partial charge in [0.25, 0.3) is 0 Å². The van der Waals surface area contributed by atoms with Gasteiger partial charge in [-0.25, -0.2) is 0 Å². The quantitative estimate of drug-likeness (QED) is 0.442. The Morgan fingerprint density at radius 1 is 1.36 bits per heavy atom. The maximum atomic E-state index is 5.90. The third-order valence-electron chi connectivity index (χ3n) is 3.28. The Morgan fingerprint density at radius 3 is 2.59 bits per heavy atom. The van der Waals surface area contributed by atoms with Gasteiger partial charge in [-0.2, -0.15) is 5.10 Å². The number of rotatable bonds is 4. The number of benzene rings is 1. The molecule has 0 spiro atoms. The average Bonchev–Trinajstić information content (AvgIpc) is 2.88. The summed E-state index contributed by atoms with van der Waals surface area (Å²) in [7, 11) is 3.79. The van der Waals surface area contributed by atoms with Crippen molar-refractivity contribution in [3.8, 4) is 0 Å². The van der Waals surface area contributed by atoms with Crippen LogP contribution in [-0.2, 0) is 13.1 Å². The van der Waals surface area contributed by atoms with E-state index in [0.717, 1.165) is 28.8 Å². The maximum Gasteiger partial charge on any atom is 0.193 e. The maximum absolute atomic E-state index is 5.90. The van der Waals surface area contributed by atoms with Gasteiger partial charge >= 0.3 is 0 Å². The number of H-pyrrole nitrogens is 1. The van der Waals surface area contributed by atoms with Gasteiger partial charge in [0.2, 0.25) is 0 Å². The molecular formula is C15H21ClIN5. The molecule has 0 unspecified atom stereocenters. The number of nitrogens with one attached hydrogen (secondary N) is 2. The number of aryl methyl sites for hydroxylation is 1. The normalized spacial score (nSPS) is 11.0. The molecule has 0 bridgehead atoms. The van der Waals surface area contributed by atoms with Crippen molar-refractivity contribution >= 4 is 41.5 Å². The summed E-state index contributed by atoms with van der Waals surface area (Å²) >= 11 is 5.90. The lowest BCUT2D eigenvalue weighted by atomic mass is 10.2. The first-order chi connectivity index (χ1) is 10.1. The fourth-order valence-corrected chi connectivity index (χ4v) is 2.18. The van der Waals surface area contributed by atoms with E-state index in [4.69, 9.17) is 11.6 Å². The molecule has 1 aromatic heterocycles. The summed E-state index contributed by atoms with van der Waals surface area (Å²) in [4.78, 5) is 6.37. The summed E-state index contributed by atoms with van der Waals surface area (Å²) < 4.78 is 0. The van der Waals surface area contributed by atoms with Crippen LogP contribution in [0.15, 0.2) is 35.5 Å². The van der Waals surface area contributed by atoms with Crippen molar-refractivity contribution < 1.29 is 0 Å². The minimum atomic E-state index is 0. The topological polar surface area (TPSA) is 56.3 Å². The lowest BCUT2D eigenvalue weighted by molar-refractivity contribution is 0.476. The molecule has 7 heteroatoms. The van der Waals surface area contributed by atoms with Crippen LogP contribution in [0.25, 0.3) is 0 Å². The van der Waals surface area contributed by atoms with Gasteiger partial charge in [-0.05, 0) is 24.6 Å². The Bertz CT molecular complexity index is 609. The van der Waals surface area contributed by atoms with Crippen molar-refractivity contribution in [3.63, 3.8) is 0 Å². The fraction of sp³-hybridized carbons (Fsp3) is 0.333. The summed E-state index contributed by atoms with van der Waals surface area (Å²) in [5.41, 5.74) is 3.39. The summed E-state index contributed by atoms with van der Waals surface area (Å²) in [6, 6.07) is 7.84. The molecule has 1 heterocycles. The Morgan fingerprint density at radius 2 is 2.05 bits per heavy atom. The van der Waals surface area contributed by atoms with Gasteiger partial charge in [0.05, 0.1) is 6.20 Å². The molecule has 0 aliphatic carbocycles. The van der Waals surface area contributed by atoms with Crippen LogP contribution in [0.5, 0.6) is 0 Å². The molecule has 0 atom stereocenters. The molecule has 0 saturated carbocycles. The third kappa shape index (κ3) is 5.17. The van der Waals surface area contributed by atoms with E-state index in [1.165, 1.54) is 5.56 Å². The SMILES string of the molecule is CN=C(NCc1cn[nH]c1C)N(C)Cc1ccc(Cl)cc1.I. The van der Waals surface area contributed by atoms with Crippen LogP contribution < -0.4 is 5.32 Å². The first kappa shape index (κ1) is 18.8. The number of hydrogen-bond donors (Lipinski definition) is 2. The number of nitrogens with zero attached hydrogens (tertiary/aromatic N) is 3. The summed E-state index contributed by atoms with van der Waals surface area (Å²) in [5.74, 6) is 0.838. The molecule has 2 aromatic rings. The lowest BCUT2D eigenvalue weighted by Crippen LogP contribution is -2.38. The molecule has 120 valence electrons. The molecule has 0 amide bonds. The smallest absolute Gasteiger partial charge is 0.193 e. The molecule has 2 N–H and O–H groups in total. The molecule has 0 aliphatic heterocycles. The van der Waals surface area contributed by atoms with Crippen LogP contribution >= 0.6 is 35.6 Å².